The summed E-state index contributed by atoms with van der Waals surface area (Å²) in [5.74, 6) is -0.0369. The molecule has 0 spiro atoms. The van der Waals surface area contributed by atoms with Gasteiger partial charge < -0.3 is 20.3 Å². The van der Waals surface area contributed by atoms with Crippen LogP contribution in [-0.4, -0.2) is 47.9 Å². The second-order valence-electron chi connectivity index (χ2n) is 8.87. The topological polar surface area (TPSA) is 83.6 Å². The van der Waals surface area contributed by atoms with Crippen LogP contribution >= 0.6 is 11.6 Å². The van der Waals surface area contributed by atoms with Crippen molar-refractivity contribution in [1.29, 1.82) is 0 Å². The van der Waals surface area contributed by atoms with E-state index in [-0.39, 0.29) is 17.3 Å². The van der Waals surface area contributed by atoms with E-state index in [1.165, 1.54) is 37.3 Å². The number of carbonyl (C=O) groups excluding carboxylic acids is 2. The third-order valence-electron chi connectivity index (χ3n) is 5.94. The summed E-state index contributed by atoms with van der Waals surface area (Å²) in [5.41, 5.74) is -0.220. The number of halogens is 4. The van der Waals surface area contributed by atoms with Gasteiger partial charge in [0, 0.05) is 37.1 Å². The first-order valence-corrected chi connectivity index (χ1v) is 12.7. The number of nitrogens with zero attached hydrogens (tertiary/aromatic N) is 2. The Bertz CT molecular complexity index is 1360. The average Bonchev–Trinajstić information content (AvgIpc) is 3.42. The van der Waals surface area contributed by atoms with Crippen LogP contribution in [0.25, 0.3) is 6.08 Å². The standard InChI is InChI=1S/C28H26ClF3N4O3/c29-24-8-7-20(17-23(24)28(30,31)32)35-26(37)9-6-19-4-3-5-21(16-19)39-22-10-11-33-25(18-22)27(38)34-12-15-36-13-1-2-14-36/h3-11,16-18H,1-2,12-15H2,(H,34,38)(H,35,37). The van der Waals surface area contributed by atoms with E-state index >= 15 is 0 Å². The lowest BCUT2D eigenvalue weighted by molar-refractivity contribution is -0.137. The second-order valence-corrected chi connectivity index (χ2v) is 9.28. The minimum atomic E-state index is -4.64. The fourth-order valence-corrected chi connectivity index (χ4v) is 4.24. The molecule has 0 atom stereocenters. The maximum atomic E-state index is 13.0. The summed E-state index contributed by atoms with van der Waals surface area (Å²) >= 11 is 5.61. The van der Waals surface area contributed by atoms with E-state index in [9.17, 15) is 22.8 Å². The Kier molecular flexibility index (Phi) is 9.21. The van der Waals surface area contributed by atoms with E-state index in [4.69, 9.17) is 16.3 Å². The first-order chi connectivity index (χ1) is 18.7. The van der Waals surface area contributed by atoms with Gasteiger partial charge in [0.2, 0.25) is 5.91 Å². The van der Waals surface area contributed by atoms with E-state index in [0.29, 0.717) is 23.6 Å². The van der Waals surface area contributed by atoms with Crippen LogP contribution in [0.1, 0.15) is 34.5 Å². The Morgan fingerprint density at radius 3 is 2.59 bits per heavy atom. The molecule has 0 saturated carbocycles. The number of ether oxygens (including phenoxy) is 1. The van der Waals surface area contributed by atoms with Crippen LogP contribution in [-0.2, 0) is 11.0 Å². The van der Waals surface area contributed by atoms with Crippen molar-refractivity contribution < 1.29 is 27.5 Å². The Morgan fingerprint density at radius 2 is 1.82 bits per heavy atom. The van der Waals surface area contributed by atoms with Crippen LogP contribution in [0.4, 0.5) is 18.9 Å². The van der Waals surface area contributed by atoms with Crippen molar-refractivity contribution in [2.45, 2.75) is 19.0 Å². The van der Waals surface area contributed by atoms with Crippen molar-refractivity contribution >= 4 is 35.2 Å². The minimum absolute atomic E-state index is 0.0352. The van der Waals surface area contributed by atoms with Gasteiger partial charge in [-0.25, -0.2) is 0 Å². The lowest BCUT2D eigenvalue weighted by Crippen LogP contribution is -2.33. The maximum Gasteiger partial charge on any atom is 0.417 e. The molecule has 1 fully saturated rings. The normalized spacial score (nSPS) is 13.9. The van der Waals surface area contributed by atoms with Crippen molar-refractivity contribution in [3.63, 3.8) is 0 Å². The van der Waals surface area contributed by atoms with Gasteiger partial charge in [0.1, 0.15) is 17.2 Å². The molecule has 3 aromatic rings. The van der Waals surface area contributed by atoms with Gasteiger partial charge in [-0.05, 0) is 74.0 Å². The number of nitrogens with one attached hydrogen (secondary N) is 2. The van der Waals surface area contributed by atoms with Gasteiger partial charge in [0.15, 0.2) is 0 Å². The number of benzene rings is 2. The molecular weight excluding hydrogens is 533 g/mol. The SMILES string of the molecule is O=C(C=Cc1cccc(Oc2ccnc(C(=O)NCCN3CCCC3)c2)c1)Nc1ccc(Cl)c(C(F)(F)F)c1. The summed E-state index contributed by atoms with van der Waals surface area (Å²) in [7, 11) is 0. The van der Waals surface area contributed by atoms with Crippen LogP contribution in [0.15, 0.2) is 66.9 Å². The van der Waals surface area contributed by atoms with Gasteiger partial charge in [-0.2, -0.15) is 13.2 Å². The Morgan fingerprint density at radius 1 is 1.05 bits per heavy atom. The molecule has 11 heteroatoms. The molecule has 39 heavy (non-hydrogen) atoms. The highest BCUT2D eigenvalue weighted by molar-refractivity contribution is 6.31. The number of aromatic nitrogens is 1. The minimum Gasteiger partial charge on any atom is -0.457 e. The highest BCUT2D eigenvalue weighted by Gasteiger charge is 2.33. The van der Waals surface area contributed by atoms with Gasteiger partial charge in [-0.3, -0.25) is 14.6 Å². The van der Waals surface area contributed by atoms with E-state index in [1.54, 1.807) is 36.4 Å². The van der Waals surface area contributed by atoms with E-state index in [2.05, 4.69) is 20.5 Å². The molecule has 1 aromatic heterocycles. The number of carbonyl (C=O) groups is 2. The molecule has 0 unspecified atom stereocenters. The first kappa shape index (κ1) is 28.1. The lowest BCUT2D eigenvalue weighted by Gasteiger charge is -2.14. The van der Waals surface area contributed by atoms with E-state index in [1.807, 2.05) is 0 Å². The zero-order valence-corrected chi connectivity index (χ0v) is 21.6. The summed E-state index contributed by atoms with van der Waals surface area (Å²) in [4.78, 5) is 31.2. The molecule has 1 saturated heterocycles. The monoisotopic (exact) mass is 558 g/mol. The summed E-state index contributed by atoms with van der Waals surface area (Å²) in [6.07, 6.45) is 1.91. The summed E-state index contributed by atoms with van der Waals surface area (Å²) in [5, 5.41) is 4.81. The second kappa shape index (κ2) is 12.8. The van der Waals surface area contributed by atoms with Crippen LogP contribution in [0.3, 0.4) is 0 Å². The zero-order valence-electron chi connectivity index (χ0n) is 20.8. The number of anilines is 1. The van der Waals surface area contributed by atoms with Crippen LogP contribution in [0.2, 0.25) is 5.02 Å². The van der Waals surface area contributed by atoms with Crippen LogP contribution in [0.5, 0.6) is 11.5 Å². The molecule has 2 heterocycles. The number of likely N-dealkylation sites (tertiary alicyclic amines) is 1. The van der Waals surface area contributed by atoms with Crippen molar-refractivity contribution in [3.05, 3.63) is 88.7 Å². The van der Waals surface area contributed by atoms with Gasteiger partial charge in [-0.15, -0.1) is 0 Å². The van der Waals surface area contributed by atoms with E-state index in [0.717, 1.165) is 31.8 Å². The zero-order chi connectivity index (χ0) is 27.8. The summed E-state index contributed by atoms with van der Waals surface area (Å²) < 4.78 is 45.0. The molecule has 4 rings (SSSR count). The van der Waals surface area contributed by atoms with Gasteiger partial charge in [0.05, 0.1) is 10.6 Å². The number of amides is 2. The predicted octanol–water partition coefficient (Wildman–Crippen LogP) is 6.02. The average molecular weight is 559 g/mol. The molecule has 2 amide bonds. The predicted molar refractivity (Wildman–Crippen MR) is 143 cm³/mol. The molecule has 0 bridgehead atoms. The largest absolute Gasteiger partial charge is 0.457 e. The summed E-state index contributed by atoms with van der Waals surface area (Å²) in [6.45, 7) is 3.45. The third kappa shape index (κ3) is 8.30. The van der Waals surface area contributed by atoms with Gasteiger partial charge in [0.25, 0.3) is 5.91 Å². The smallest absolute Gasteiger partial charge is 0.417 e. The molecule has 0 aliphatic carbocycles. The third-order valence-corrected chi connectivity index (χ3v) is 6.27. The lowest BCUT2D eigenvalue weighted by atomic mass is 10.2. The van der Waals surface area contributed by atoms with Crippen molar-refractivity contribution in [3.8, 4) is 11.5 Å². The number of pyridine rings is 1. The molecular formula is C28H26ClF3N4O3. The molecule has 2 aromatic carbocycles. The van der Waals surface area contributed by atoms with Crippen LogP contribution in [0, 0.1) is 0 Å². The molecule has 7 nitrogen and oxygen atoms in total. The van der Waals surface area contributed by atoms with Gasteiger partial charge >= 0.3 is 6.18 Å². The first-order valence-electron chi connectivity index (χ1n) is 12.3. The quantitative estimate of drug-likeness (QED) is 0.314. The Balaban J connectivity index is 1.34. The number of rotatable bonds is 9. The number of hydrogen-bond donors (Lipinski definition) is 2. The fourth-order valence-electron chi connectivity index (χ4n) is 4.02. The number of alkyl halides is 3. The van der Waals surface area contributed by atoms with Crippen molar-refractivity contribution in [2.24, 2.45) is 0 Å². The Labute approximate surface area is 228 Å². The van der Waals surface area contributed by atoms with E-state index < -0.39 is 22.7 Å². The maximum absolute atomic E-state index is 13.0. The van der Waals surface area contributed by atoms with Crippen molar-refractivity contribution in [2.75, 3.05) is 31.5 Å². The molecule has 2 N–H and O–H groups in total. The molecule has 1 aliphatic rings. The highest BCUT2D eigenvalue weighted by atomic mass is 35.5. The molecule has 0 radical (unpaired) electrons. The number of hydrogen-bond acceptors (Lipinski definition) is 5. The highest BCUT2D eigenvalue weighted by Crippen LogP contribution is 2.36. The fraction of sp³-hybridized carbons (Fsp3) is 0.250. The molecule has 204 valence electrons. The summed E-state index contributed by atoms with van der Waals surface area (Å²) in [6, 6.07) is 13.1. The van der Waals surface area contributed by atoms with Crippen molar-refractivity contribution in [1.82, 2.24) is 15.2 Å². The Hall–Kier alpha value is -3.89. The molecule has 1 aliphatic heterocycles. The van der Waals surface area contributed by atoms with Crippen LogP contribution < -0.4 is 15.4 Å². The van der Waals surface area contributed by atoms with Gasteiger partial charge in [-0.1, -0.05) is 23.7 Å².